The first kappa shape index (κ1) is 17.8. The lowest BCUT2D eigenvalue weighted by Gasteiger charge is -2.10. The Hall–Kier alpha value is -1.57. The van der Waals surface area contributed by atoms with Crippen LogP contribution < -0.4 is 5.32 Å². The van der Waals surface area contributed by atoms with E-state index in [0.29, 0.717) is 19.3 Å². The van der Waals surface area contributed by atoms with Crippen molar-refractivity contribution in [1.82, 2.24) is 0 Å². The zero-order chi connectivity index (χ0) is 17.0. The van der Waals surface area contributed by atoms with Crippen molar-refractivity contribution in [3.8, 4) is 0 Å². The van der Waals surface area contributed by atoms with Crippen LogP contribution in [0.5, 0.6) is 0 Å². The number of fused-ring (bicyclic) bond motifs is 1. The molecule has 1 aliphatic carbocycles. The number of amides is 1. The summed E-state index contributed by atoms with van der Waals surface area (Å²) in [5.41, 5.74) is 0.823. The molecule has 0 saturated carbocycles. The van der Waals surface area contributed by atoms with Crippen LogP contribution in [-0.4, -0.2) is 24.7 Å². The molecule has 1 aromatic rings. The smallest absolute Gasteiger partial charge is 0.462 e. The van der Waals surface area contributed by atoms with E-state index in [1.165, 1.54) is 0 Å². The normalized spacial score (nSPS) is 14.8. The molecule has 23 heavy (non-hydrogen) atoms. The van der Waals surface area contributed by atoms with Gasteiger partial charge in [0.15, 0.2) is 0 Å². The molecular formula is C15H18F3NO3S. The second-order valence-electron chi connectivity index (χ2n) is 5.36. The minimum atomic E-state index is -4.99. The lowest BCUT2D eigenvalue weighted by molar-refractivity contribution is -0.167. The van der Waals surface area contributed by atoms with Crippen molar-refractivity contribution in [3.63, 3.8) is 0 Å². The van der Waals surface area contributed by atoms with Crippen LogP contribution in [0.15, 0.2) is 0 Å². The summed E-state index contributed by atoms with van der Waals surface area (Å²) >= 11 is 1.05. The monoisotopic (exact) mass is 349 g/mol. The van der Waals surface area contributed by atoms with Gasteiger partial charge < -0.3 is 10.1 Å². The number of rotatable bonds is 4. The van der Waals surface area contributed by atoms with Gasteiger partial charge in [0, 0.05) is 4.88 Å². The van der Waals surface area contributed by atoms with Crippen molar-refractivity contribution in [2.24, 2.45) is 0 Å². The molecule has 1 heterocycles. The van der Waals surface area contributed by atoms with E-state index in [0.717, 1.165) is 41.0 Å². The van der Waals surface area contributed by atoms with Crippen molar-refractivity contribution >= 4 is 28.2 Å². The van der Waals surface area contributed by atoms with E-state index in [1.807, 2.05) is 12.2 Å². The molecule has 8 heteroatoms. The summed E-state index contributed by atoms with van der Waals surface area (Å²) in [6.07, 6.45) is -0.266. The van der Waals surface area contributed by atoms with E-state index in [9.17, 15) is 22.8 Å². The molecule has 1 amide bonds. The number of aryl methyl sites for hydroxylation is 1. The number of esters is 1. The molecule has 2 rings (SSSR count). The third-order valence-corrected chi connectivity index (χ3v) is 4.75. The number of ether oxygens (including phenoxy) is 1. The van der Waals surface area contributed by atoms with Crippen LogP contribution in [0.1, 0.15) is 53.4 Å². The van der Waals surface area contributed by atoms with Gasteiger partial charge >= 0.3 is 18.1 Å². The highest BCUT2D eigenvalue weighted by molar-refractivity contribution is 7.17. The summed E-state index contributed by atoms with van der Waals surface area (Å²) in [6.45, 7) is 2.02. The van der Waals surface area contributed by atoms with E-state index in [-0.39, 0.29) is 17.2 Å². The standard InChI is InChI=1S/C15H18F3NO3S/c1-2-8-22-13(20)11-9-6-4-3-5-7-10(9)23-12(11)19-14(21)15(16,17)18/h2-8H2,1H3,(H,19,21). The molecule has 1 aliphatic rings. The van der Waals surface area contributed by atoms with Crippen molar-refractivity contribution in [3.05, 3.63) is 16.0 Å². The van der Waals surface area contributed by atoms with Gasteiger partial charge in [-0.05, 0) is 37.7 Å². The quantitative estimate of drug-likeness (QED) is 0.658. The molecule has 0 saturated heterocycles. The van der Waals surface area contributed by atoms with Gasteiger partial charge in [-0.25, -0.2) is 4.79 Å². The number of carbonyl (C=O) groups is 2. The molecule has 1 aromatic heterocycles. The Morgan fingerprint density at radius 1 is 1.22 bits per heavy atom. The molecule has 1 N–H and O–H groups in total. The Kier molecular flexibility index (Phi) is 5.67. The molecule has 0 radical (unpaired) electrons. The number of nitrogens with one attached hydrogen (secondary N) is 1. The lowest BCUT2D eigenvalue weighted by Crippen LogP contribution is -2.30. The Bertz CT molecular complexity index is 596. The van der Waals surface area contributed by atoms with Crippen LogP contribution in [0.4, 0.5) is 18.2 Å². The fourth-order valence-corrected chi connectivity index (χ4v) is 3.76. The van der Waals surface area contributed by atoms with Gasteiger partial charge in [-0.3, -0.25) is 4.79 Å². The first-order valence-corrected chi connectivity index (χ1v) is 8.36. The Labute approximate surface area is 136 Å². The van der Waals surface area contributed by atoms with Gasteiger partial charge in [0.1, 0.15) is 5.00 Å². The van der Waals surface area contributed by atoms with Crippen molar-refractivity contribution < 1.29 is 27.5 Å². The van der Waals surface area contributed by atoms with Gasteiger partial charge in [0.2, 0.25) is 0 Å². The summed E-state index contributed by atoms with van der Waals surface area (Å²) < 4.78 is 42.6. The van der Waals surface area contributed by atoms with Gasteiger partial charge in [0.05, 0.1) is 12.2 Å². The summed E-state index contributed by atoms with van der Waals surface area (Å²) in [5.74, 6) is -2.73. The molecule has 0 unspecified atom stereocenters. The highest BCUT2D eigenvalue weighted by Gasteiger charge is 2.40. The molecular weight excluding hydrogens is 331 g/mol. The van der Waals surface area contributed by atoms with Gasteiger partial charge in [-0.2, -0.15) is 13.2 Å². The third-order valence-electron chi connectivity index (χ3n) is 3.55. The van der Waals surface area contributed by atoms with Crippen molar-refractivity contribution in [1.29, 1.82) is 0 Å². The topological polar surface area (TPSA) is 55.4 Å². The van der Waals surface area contributed by atoms with E-state index >= 15 is 0 Å². The maximum Gasteiger partial charge on any atom is 0.471 e. The zero-order valence-electron chi connectivity index (χ0n) is 12.7. The molecule has 0 aliphatic heterocycles. The third kappa shape index (κ3) is 4.25. The maximum absolute atomic E-state index is 12.5. The zero-order valence-corrected chi connectivity index (χ0v) is 13.5. The van der Waals surface area contributed by atoms with Crippen molar-refractivity contribution in [2.75, 3.05) is 11.9 Å². The SMILES string of the molecule is CCCOC(=O)c1c(NC(=O)C(F)(F)F)sc2c1CCCCC2. The minimum absolute atomic E-state index is 0.0553. The van der Waals surface area contributed by atoms with E-state index < -0.39 is 18.1 Å². The van der Waals surface area contributed by atoms with Crippen LogP contribution in [0.2, 0.25) is 0 Å². The molecule has 0 fully saturated rings. The Balaban J connectivity index is 2.36. The first-order valence-electron chi connectivity index (χ1n) is 7.54. The average molecular weight is 349 g/mol. The fourth-order valence-electron chi connectivity index (χ4n) is 2.49. The van der Waals surface area contributed by atoms with Crippen LogP contribution in [0.3, 0.4) is 0 Å². The summed E-state index contributed by atoms with van der Waals surface area (Å²) in [7, 11) is 0. The van der Waals surface area contributed by atoms with Crippen LogP contribution in [-0.2, 0) is 22.4 Å². The first-order chi connectivity index (χ1) is 10.8. The molecule has 0 atom stereocenters. The predicted molar refractivity (Wildman–Crippen MR) is 80.8 cm³/mol. The summed E-state index contributed by atoms with van der Waals surface area (Å²) in [5, 5.41) is 1.78. The molecule has 4 nitrogen and oxygen atoms in total. The number of halogens is 3. The number of alkyl halides is 3. The van der Waals surface area contributed by atoms with Gasteiger partial charge in [0.25, 0.3) is 0 Å². The van der Waals surface area contributed by atoms with E-state index in [4.69, 9.17) is 4.74 Å². The molecule has 0 spiro atoms. The van der Waals surface area contributed by atoms with Crippen LogP contribution in [0.25, 0.3) is 0 Å². The minimum Gasteiger partial charge on any atom is -0.462 e. The number of anilines is 1. The van der Waals surface area contributed by atoms with E-state index in [2.05, 4.69) is 0 Å². The predicted octanol–water partition coefficient (Wildman–Crippen LogP) is 4.08. The van der Waals surface area contributed by atoms with Gasteiger partial charge in [-0.1, -0.05) is 13.3 Å². The second kappa shape index (κ2) is 7.33. The highest BCUT2D eigenvalue weighted by atomic mass is 32.1. The molecule has 0 aromatic carbocycles. The number of hydrogen-bond donors (Lipinski definition) is 1. The lowest BCUT2D eigenvalue weighted by atomic mass is 10.1. The van der Waals surface area contributed by atoms with E-state index in [1.54, 1.807) is 0 Å². The van der Waals surface area contributed by atoms with Crippen LogP contribution in [0, 0.1) is 0 Å². The van der Waals surface area contributed by atoms with Gasteiger partial charge in [-0.15, -0.1) is 11.3 Å². The number of thiophene rings is 1. The summed E-state index contributed by atoms with van der Waals surface area (Å²) in [6, 6.07) is 0. The van der Waals surface area contributed by atoms with Crippen molar-refractivity contribution in [2.45, 2.75) is 51.6 Å². The number of hydrogen-bond acceptors (Lipinski definition) is 4. The second-order valence-corrected chi connectivity index (χ2v) is 6.46. The fraction of sp³-hybridized carbons (Fsp3) is 0.600. The number of carbonyl (C=O) groups excluding carboxylic acids is 2. The molecule has 0 bridgehead atoms. The highest BCUT2D eigenvalue weighted by Crippen LogP contribution is 2.38. The average Bonchev–Trinajstić information content (AvgIpc) is 2.65. The van der Waals surface area contributed by atoms with Crippen LogP contribution >= 0.6 is 11.3 Å². The molecule has 128 valence electrons. The Morgan fingerprint density at radius 2 is 1.91 bits per heavy atom. The Morgan fingerprint density at radius 3 is 2.57 bits per heavy atom. The summed E-state index contributed by atoms with van der Waals surface area (Å²) in [4.78, 5) is 24.3. The largest absolute Gasteiger partial charge is 0.471 e. The maximum atomic E-state index is 12.5.